The topological polar surface area (TPSA) is 84.0 Å². The van der Waals surface area contributed by atoms with Crippen LogP contribution in [0.15, 0.2) is 29.6 Å². The van der Waals surface area contributed by atoms with Crippen LogP contribution in [0.5, 0.6) is 5.75 Å². The zero-order chi connectivity index (χ0) is 22.8. The molecule has 0 aliphatic carbocycles. The van der Waals surface area contributed by atoms with Gasteiger partial charge < -0.3 is 19.7 Å². The standard InChI is InChI=1S/C23H32N4O4S/c1-18-4-6-20(7-5-18)31-16-22-25-19(17-32-22)14-23(29)27-11-9-26(10-12-27)15-21(28)24-8-3-13-30-2/h4-7,17H,3,8-16H2,1-2H3,(H,24,28). The third-order valence-electron chi connectivity index (χ3n) is 5.25. The van der Waals surface area contributed by atoms with Gasteiger partial charge in [-0.25, -0.2) is 4.98 Å². The molecule has 2 aromatic rings. The fraction of sp³-hybridized carbons (Fsp3) is 0.522. The molecule has 0 atom stereocenters. The first-order valence-electron chi connectivity index (χ1n) is 10.9. The maximum Gasteiger partial charge on any atom is 0.234 e. The van der Waals surface area contributed by atoms with E-state index in [9.17, 15) is 9.59 Å². The van der Waals surface area contributed by atoms with Crippen molar-refractivity contribution in [2.45, 2.75) is 26.4 Å². The highest BCUT2D eigenvalue weighted by Crippen LogP contribution is 2.17. The summed E-state index contributed by atoms with van der Waals surface area (Å²) in [6, 6.07) is 7.91. The molecule has 1 aliphatic heterocycles. The van der Waals surface area contributed by atoms with Crippen LogP contribution in [-0.4, -0.2) is 79.6 Å². The van der Waals surface area contributed by atoms with Crippen molar-refractivity contribution in [2.24, 2.45) is 0 Å². The molecular weight excluding hydrogens is 428 g/mol. The number of aromatic nitrogens is 1. The molecule has 0 spiro atoms. The lowest BCUT2D eigenvalue weighted by molar-refractivity contribution is -0.132. The summed E-state index contributed by atoms with van der Waals surface area (Å²) in [7, 11) is 1.65. The van der Waals surface area contributed by atoms with E-state index in [0.29, 0.717) is 58.9 Å². The number of carbonyl (C=O) groups excluding carboxylic acids is 2. The number of methoxy groups -OCH3 is 1. The predicted molar refractivity (Wildman–Crippen MR) is 124 cm³/mol. The first-order valence-corrected chi connectivity index (χ1v) is 11.8. The summed E-state index contributed by atoms with van der Waals surface area (Å²) in [5.74, 6) is 0.902. The number of aryl methyl sites for hydroxylation is 1. The first-order chi connectivity index (χ1) is 15.5. The summed E-state index contributed by atoms with van der Waals surface area (Å²) in [4.78, 5) is 33.2. The lowest BCUT2D eigenvalue weighted by Crippen LogP contribution is -2.51. The normalized spacial score (nSPS) is 14.4. The zero-order valence-corrected chi connectivity index (χ0v) is 19.7. The molecule has 0 saturated carbocycles. The van der Waals surface area contributed by atoms with E-state index in [1.54, 1.807) is 7.11 Å². The lowest BCUT2D eigenvalue weighted by atomic mass is 10.2. The summed E-state index contributed by atoms with van der Waals surface area (Å²) >= 11 is 1.51. The minimum absolute atomic E-state index is 0.0174. The van der Waals surface area contributed by atoms with E-state index in [2.05, 4.69) is 15.2 Å². The van der Waals surface area contributed by atoms with Gasteiger partial charge in [0.2, 0.25) is 11.8 Å². The van der Waals surface area contributed by atoms with Crippen molar-refractivity contribution in [3.63, 3.8) is 0 Å². The van der Waals surface area contributed by atoms with Crippen LogP contribution in [0.4, 0.5) is 0 Å². The lowest BCUT2D eigenvalue weighted by Gasteiger charge is -2.34. The first kappa shape index (κ1) is 24.2. The SMILES string of the molecule is COCCCNC(=O)CN1CCN(C(=O)Cc2csc(COc3ccc(C)cc3)n2)CC1. The number of thiazole rings is 1. The van der Waals surface area contributed by atoms with Crippen LogP contribution in [0, 0.1) is 6.92 Å². The highest BCUT2D eigenvalue weighted by atomic mass is 32.1. The molecule has 2 amide bonds. The Kier molecular flexibility index (Phi) is 9.45. The van der Waals surface area contributed by atoms with E-state index in [1.165, 1.54) is 16.9 Å². The molecule has 2 heterocycles. The molecule has 9 heteroatoms. The van der Waals surface area contributed by atoms with Gasteiger partial charge in [0, 0.05) is 51.8 Å². The Morgan fingerprint density at radius 2 is 1.91 bits per heavy atom. The Labute approximate surface area is 193 Å². The van der Waals surface area contributed by atoms with E-state index in [0.717, 1.165) is 22.9 Å². The molecule has 0 unspecified atom stereocenters. The van der Waals surface area contributed by atoms with Crippen LogP contribution in [0.3, 0.4) is 0 Å². The van der Waals surface area contributed by atoms with Crippen molar-refractivity contribution in [3.8, 4) is 5.75 Å². The van der Waals surface area contributed by atoms with Gasteiger partial charge in [-0.1, -0.05) is 17.7 Å². The van der Waals surface area contributed by atoms with Gasteiger partial charge in [0.25, 0.3) is 0 Å². The highest BCUT2D eigenvalue weighted by Gasteiger charge is 2.23. The minimum Gasteiger partial charge on any atom is -0.486 e. The molecule has 174 valence electrons. The number of rotatable bonds is 11. The molecule has 0 radical (unpaired) electrons. The predicted octanol–water partition coefficient (Wildman–Crippen LogP) is 1.87. The second-order valence-corrected chi connectivity index (χ2v) is 8.81. The molecule has 32 heavy (non-hydrogen) atoms. The molecule has 1 saturated heterocycles. The molecule has 3 rings (SSSR count). The second-order valence-electron chi connectivity index (χ2n) is 7.86. The Bertz CT molecular complexity index is 863. The molecule has 1 aliphatic rings. The van der Waals surface area contributed by atoms with Gasteiger partial charge in [0.15, 0.2) is 0 Å². The molecule has 1 aromatic heterocycles. The number of hydrogen-bond donors (Lipinski definition) is 1. The fourth-order valence-electron chi connectivity index (χ4n) is 3.40. The second kappa shape index (κ2) is 12.5. The summed E-state index contributed by atoms with van der Waals surface area (Å²) in [6.07, 6.45) is 1.10. The number of amides is 2. The smallest absolute Gasteiger partial charge is 0.234 e. The number of nitrogens with one attached hydrogen (secondary N) is 1. The molecule has 8 nitrogen and oxygen atoms in total. The zero-order valence-electron chi connectivity index (χ0n) is 18.8. The van der Waals surface area contributed by atoms with Gasteiger partial charge in [-0.15, -0.1) is 11.3 Å². The van der Waals surface area contributed by atoms with Crippen molar-refractivity contribution in [1.82, 2.24) is 20.1 Å². The molecule has 0 bridgehead atoms. The van der Waals surface area contributed by atoms with Gasteiger partial charge >= 0.3 is 0 Å². The van der Waals surface area contributed by atoms with Crippen molar-refractivity contribution < 1.29 is 19.1 Å². The van der Waals surface area contributed by atoms with Crippen LogP contribution in [-0.2, 0) is 27.4 Å². The van der Waals surface area contributed by atoms with Crippen molar-refractivity contribution in [2.75, 3.05) is 53.0 Å². The molecule has 1 aromatic carbocycles. The molecular formula is C23H32N4O4S. The Hall–Kier alpha value is -2.49. The van der Waals surface area contributed by atoms with Gasteiger partial charge in [0.1, 0.15) is 17.4 Å². The number of ether oxygens (including phenoxy) is 2. The van der Waals surface area contributed by atoms with E-state index in [-0.39, 0.29) is 11.8 Å². The van der Waals surface area contributed by atoms with Crippen molar-refractivity contribution in [1.29, 1.82) is 0 Å². The number of carbonyl (C=O) groups is 2. The van der Waals surface area contributed by atoms with Crippen LogP contribution in [0.1, 0.15) is 22.7 Å². The number of piperazine rings is 1. The Morgan fingerprint density at radius 3 is 2.62 bits per heavy atom. The van der Waals surface area contributed by atoms with Gasteiger partial charge in [0.05, 0.1) is 18.7 Å². The molecule has 1 fully saturated rings. The third-order valence-corrected chi connectivity index (χ3v) is 6.13. The highest BCUT2D eigenvalue weighted by molar-refractivity contribution is 7.09. The average molecular weight is 461 g/mol. The quantitative estimate of drug-likeness (QED) is 0.516. The summed E-state index contributed by atoms with van der Waals surface area (Å²) in [5, 5.41) is 5.68. The van der Waals surface area contributed by atoms with Gasteiger partial charge in [-0.05, 0) is 25.5 Å². The van der Waals surface area contributed by atoms with E-state index >= 15 is 0 Å². The summed E-state index contributed by atoms with van der Waals surface area (Å²) in [6.45, 7) is 6.72. The van der Waals surface area contributed by atoms with Crippen LogP contribution in [0.25, 0.3) is 0 Å². The van der Waals surface area contributed by atoms with Crippen LogP contribution in [0.2, 0.25) is 0 Å². The van der Waals surface area contributed by atoms with Gasteiger partial charge in [-0.2, -0.15) is 0 Å². The molecule has 1 N–H and O–H groups in total. The van der Waals surface area contributed by atoms with Gasteiger partial charge in [-0.3, -0.25) is 14.5 Å². The maximum absolute atomic E-state index is 12.7. The summed E-state index contributed by atoms with van der Waals surface area (Å²) < 4.78 is 10.7. The third kappa shape index (κ3) is 7.89. The Balaban J connectivity index is 1.36. The number of nitrogens with zero attached hydrogens (tertiary/aromatic N) is 3. The summed E-state index contributed by atoms with van der Waals surface area (Å²) in [5.41, 5.74) is 1.97. The maximum atomic E-state index is 12.7. The van der Waals surface area contributed by atoms with E-state index < -0.39 is 0 Å². The van der Waals surface area contributed by atoms with Crippen LogP contribution < -0.4 is 10.1 Å². The van der Waals surface area contributed by atoms with Crippen molar-refractivity contribution >= 4 is 23.2 Å². The van der Waals surface area contributed by atoms with Crippen LogP contribution >= 0.6 is 11.3 Å². The van der Waals surface area contributed by atoms with E-state index in [1.807, 2.05) is 41.5 Å². The monoisotopic (exact) mass is 460 g/mol. The average Bonchev–Trinajstić information content (AvgIpc) is 3.24. The largest absolute Gasteiger partial charge is 0.486 e. The number of benzene rings is 1. The Morgan fingerprint density at radius 1 is 1.16 bits per heavy atom. The van der Waals surface area contributed by atoms with Crippen molar-refractivity contribution in [3.05, 3.63) is 45.9 Å². The number of hydrogen-bond acceptors (Lipinski definition) is 7. The minimum atomic E-state index is 0.0174. The van der Waals surface area contributed by atoms with E-state index in [4.69, 9.17) is 9.47 Å². The fourth-order valence-corrected chi connectivity index (χ4v) is 4.11.